The standard InChI is InChI=1S/C46H52N6O9/c1-7-46(60)33-21-35-41-31(22-52(35)44(58)32(33)23-61-45(46)59)30(19-24(2)3)39-29-20-28(14-12-27(29)13-15-34(39)49-41)48-42(56)26(6)47-43(57)40(25(4)5)50-36(53)11-9-8-10-18-51-37(54)16-17-38(51)55/h12-17,20-21,24-26,40,60H,7-11,18-19,22-23H2,1-6H3,(H,47,57)(H,48,56)(H,50,53)/t26-,40-,46-/m0/s1. The van der Waals surface area contributed by atoms with E-state index in [9.17, 15) is 38.7 Å². The van der Waals surface area contributed by atoms with Crippen LogP contribution in [0.15, 0.2) is 53.3 Å². The Morgan fingerprint density at radius 2 is 1.62 bits per heavy atom. The second-order valence-corrected chi connectivity index (χ2v) is 17.0. The Balaban J connectivity index is 1.08. The summed E-state index contributed by atoms with van der Waals surface area (Å²) in [5, 5.41) is 22.5. The molecular weight excluding hydrogens is 781 g/mol. The number of pyridine rings is 2. The molecule has 4 aromatic rings. The number of nitrogens with one attached hydrogen (secondary N) is 3. The van der Waals surface area contributed by atoms with E-state index in [2.05, 4.69) is 29.8 Å². The number of ether oxygens (including phenoxy) is 1. The van der Waals surface area contributed by atoms with Gasteiger partial charge >= 0.3 is 5.97 Å². The van der Waals surface area contributed by atoms with Crippen molar-refractivity contribution in [2.24, 2.45) is 11.8 Å². The lowest BCUT2D eigenvalue weighted by Crippen LogP contribution is -2.53. The molecule has 0 saturated heterocycles. The maximum Gasteiger partial charge on any atom is 0.343 e. The third-order valence-corrected chi connectivity index (χ3v) is 11.9. The molecule has 2 aromatic carbocycles. The van der Waals surface area contributed by atoms with Crippen LogP contribution in [0.25, 0.3) is 33.1 Å². The molecule has 61 heavy (non-hydrogen) atoms. The number of rotatable bonds is 15. The molecule has 0 fully saturated rings. The van der Waals surface area contributed by atoms with E-state index in [1.54, 1.807) is 44.4 Å². The highest BCUT2D eigenvalue weighted by atomic mass is 16.6. The highest BCUT2D eigenvalue weighted by Crippen LogP contribution is 2.42. The largest absolute Gasteiger partial charge is 0.458 e. The summed E-state index contributed by atoms with van der Waals surface area (Å²) in [5.74, 6) is -2.76. The molecule has 5 heterocycles. The van der Waals surface area contributed by atoms with Gasteiger partial charge in [0.1, 0.15) is 18.7 Å². The summed E-state index contributed by atoms with van der Waals surface area (Å²) in [4.78, 5) is 96.2. The number of aromatic nitrogens is 2. The van der Waals surface area contributed by atoms with Gasteiger partial charge in [-0.1, -0.05) is 53.2 Å². The number of esters is 1. The average molecular weight is 833 g/mol. The number of carbonyl (C=O) groups is 6. The highest BCUT2D eigenvalue weighted by molar-refractivity contribution is 6.13. The van der Waals surface area contributed by atoms with Crippen molar-refractivity contribution in [1.82, 2.24) is 25.1 Å². The van der Waals surface area contributed by atoms with Gasteiger partial charge in [0.15, 0.2) is 5.60 Å². The van der Waals surface area contributed by atoms with E-state index >= 15 is 0 Å². The van der Waals surface area contributed by atoms with Crippen LogP contribution in [0.1, 0.15) is 95.9 Å². The normalized spacial score (nSPS) is 17.7. The van der Waals surface area contributed by atoms with E-state index in [1.807, 2.05) is 24.3 Å². The van der Waals surface area contributed by atoms with Crippen LogP contribution in [0.5, 0.6) is 0 Å². The third kappa shape index (κ3) is 8.18. The van der Waals surface area contributed by atoms with Crippen molar-refractivity contribution in [1.29, 1.82) is 0 Å². The topological polar surface area (TPSA) is 206 Å². The monoisotopic (exact) mass is 832 g/mol. The van der Waals surface area contributed by atoms with Gasteiger partial charge in [0.25, 0.3) is 17.4 Å². The van der Waals surface area contributed by atoms with E-state index < -0.39 is 35.5 Å². The Labute approximate surface area is 352 Å². The molecule has 2 aromatic heterocycles. The van der Waals surface area contributed by atoms with Gasteiger partial charge in [-0.15, -0.1) is 0 Å². The molecule has 0 unspecified atom stereocenters. The summed E-state index contributed by atoms with van der Waals surface area (Å²) in [5.41, 5.74) is 2.47. The Morgan fingerprint density at radius 3 is 2.31 bits per heavy atom. The van der Waals surface area contributed by atoms with Crippen molar-refractivity contribution in [3.63, 3.8) is 0 Å². The zero-order chi connectivity index (χ0) is 43.9. The van der Waals surface area contributed by atoms with E-state index in [-0.39, 0.29) is 78.8 Å². The number of anilines is 1. The molecule has 3 atom stereocenters. The Hall–Kier alpha value is -6.22. The number of nitrogens with zero attached hydrogens (tertiary/aromatic N) is 3. The molecule has 7 rings (SSSR count). The van der Waals surface area contributed by atoms with Crippen molar-refractivity contribution >= 4 is 62.9 Å². The lowest BCUT2D eigenvalue weighted by atomic mass is 9.86. The molecule has 0 saturated carbocycles. The molecule has 320 valence electrons. The van der Waals surface area contributed by atoms with E-state index in [0.717, 1.165) is 32.2 Å². The van der Waals surface area contributed by atoms with E-state index in [1.165, 1.54) is 12.2 Å². The molecule has 5 amide bonds. The minimum Gasteiger partial charge on any atom is -0.458 e. The smallest absolute Gasteiger partial charge is 0.343 e. The maximum absolute atomic E-state index is 13.9. The van der Waals surface area contributed by atoms with Crippen molar-refractivity contribution < 1.29 is 38.6 Å². The van der Waals surface area contributed by atoms with Gasteiger partial charge in [-0.3, -0.25) is 33.7 Å². The summed E-state index contributed by atoms with van der Waals surface area (Å²) < 4.78 is 6.89. The number of carbonyl (C=O) groups excluding carboxylic acids is 6. The van der Waals surface area contributed by atoms with Crippen molar-refractivity contribution in [3.8, 4) is 11.4 Å². The summed E-state index contributed by atoms with van der Waals surface area (Å²) in [7, 11) is 0. The lowest BCUT2D eigenvalue weighted by Gasteiger charge is -2.31. The molecule has 0 radical (unpaired) electrons. The van der Waals surface area contributed by atoms with Crippen molar-refractivity contribution in [2.45, 2.75) is 111 Å². The predicted octanol–water partition coefficient (Wildman–Crippen LogP) is 4.50. The molecule has 4 N–H and O–H groups in total. The van der Waals surface area contributed by atoms with Gasteiger partial charge < -0.3 is 30.4 Å². The Kier molecular flexibility index (Phi) is 12.0. The molecule has 15 nitrogen and oxygen atoms in total. The minimum atomic E-state index is -1.94. The van der Waals surface area contributed by atoms with Crippen molar-refractivity contribution in [3.05, 3.63) is 81.2 Å². The van der Waals surface area contributed by atoms with Crippen molar-refractivity contribution in [2.75, 3.05) is 11.9 Å². The van der Waals surface area contributed by atoms with Crippen LogP contribution in [0, 0.1) is 11.8 Å². The fourth-order valence-corrected chi connectivity index (χ4v) is 8.49. The second-order valence-electron chi connectivity index (χ2n) is 17.0. The Bertz CT molecular complexity index is 2580. The number of fused-ring (bicyclic) bond motifs is 7. The lowest BCUT2D eigenvalue weighted by molar-refractivity contribution is -0.172. The van der Waals surface area contributed by atoms with Gasteiger partial charge in [0.2, 0.25) is 17.7 Å². The van der Waals surface area contributed by atoms with Crippen LogP contribution in [0.2, 0.25) is 0 Å². The van der Waals surface area contributed by atoms with Crippen LogP contribution < -0.4 is 21.5 Å². The first-order valence-electron chi connectivity index (χ1n) is 21.0. The molecule has 15 heteroatoms. The zero-order valence-corrected chi connectivity index (χ0v) is 35.3. The maximum atomic E-state index is 13.9. The number of amides is 5. The van der Waals surface area contributed by atoms with Crippen LogP contribution in [-0.2, 0) is 58.7 Å². The predicted molar refractivity (Wildman–Crippen MR) is 228 cm³/mol. The fraction of sp³-hybridized carbons (Fsp3) is 0.435. The van der Waals surface area contributed by atoms with Gasteiger partial charge in [0.05, 0.1) is 29.0 Å². The van der Waals surface area contributed by atoms with Crippen LogP contribution in [0.3, 0.4) is 0 Å². The third-order valence-electron chi connectivity index (χ3n) is 11.9. The number of aliphatic hydroxyl groups is 1. The first-order chi connectivity index (χ1) is 29.0. The first kappa shape index (κ1) is 42.9. The number of unbranched alkanes of at least 4 members (excludes halogenated alkanes) is 2. The fourth-order valence-electron chi connectivity index (χ4n) is 8.49. The first-order valence-corrected chi connectivity index (χ1v) is 21.0. The Morgan fingerprint density at radius 1 is 0.902 bits per heavy atom. The molecule has 0 bridgehead atoms. The highest BCUT2D eigenvalue weighted by Gasteiger charge is 2.45. The van der Waals surface area contributed by atoms with Gasteiger partial charge in [-0.25, -0.2) is 9.78 Å². The summed E-state index contributed by atoms with van der Waals surface area (Å²) >= 11 is 0. The molecule has 0 spiro atoms. The number of hydrogen-bond acceptors (Lipinski definition) is 10. The SMILES string of the molecule is CC[C@@]1(O)C(=O)OCc2c1cc1n(c2=O)Cc2c-1nc1ccc3ccc(NC(=O)[C@H](C)NC(=O)[C@@H](NC(=O)CCCCCN4C(=O)C=CC4=O)C(C)C)cc3c1c2CC(C)C. The van der Waals surface area contributed by atoms with E-state index in [4.69, 9.17) is 9.72 Å². The summed E-state index contributed by atoms with van der Waals surface area (Å²) in [6.07, 6.45) is 5.04. The van der Waals surface area contributed by atoms with Crippen LogP contribution in [0.4, 0.5) is 5.69 Å². The number of benzene rings is 2. The number of cyclic esters (lactones) is 1. The number of imide groups is 1. The average Bonchev–Trinajstić information content (AvgIpc) is 3.75. The molecule has 3 aliphatic rings. The second kappa shape index (κ2) is 17.0. The molecule has 0 aliphatic carbocycles. The van der Waals surface area contributed by atoms with Gasteiger partial charge in [0, 0.05) is 47.3 Å². The molecule has 3 aliphatic heterocycles. The number of hydrogen-bond donors (Lipinski definition) is 4. The quantitative estimate of drug-likeness (QED) is 0.0503. The van der Waals surface area contributed by atoms with E-state index in [0.29, 0.717) is 48.3 Å². The molecular formula is C46H52N6O9. The van der Waals surface area contributed by atoms with Gasteiger partial charge in [-0.2, -0.15) is 0 Å². The minimum absolute atomic E-state index is 0.0440. The van der Waals surface area contributed by atoms with Gasteiger partial charge in [-0.05, 0) is 85.0 Å². The zero-order valence-electron chi connectivity index (χ0n) is 35.3. The summed E-state index contributed by atoms with van der Waals surface area (Å²) in [6, 6.07) is 9.34. The van der Waals surface area contributed by atoms with Crippen LogP contribution in [-0.4, -0.2) is 73.7 Å². The summed E-state index contributed by atoms with van der Waals surface area (Å²) in [6.45, 7) is 11.4. The van der Waals surface area contributed by atoms with Crippen LogP contribution >= 0.6 is 0 Å².